The number of aryl methyl sites for hydroxylation is 2. The zero-order chi connectivity index (χ0) is 17.2. The molecule has 24 heavy (non-hydrogen) atoms. The molecule has 0 saturated heterocycles. The van der Waals surface area contributed by atoms with Crippen molar-refractivity contribution in [2.75, 3.05) is 4.72 Å². The molecule has 1 aromatic heterocycles. The van der Waals surface area contributed by atoms with Crippen LogP contribution < -0.4 is 4.72 Å². The van der Waals surface area contributed by atoms with Gasteiger partial charge in [-0.15, -0.1) is 0 Å². The largest absolute Gasteiger partial charge is 0.280 e. The van der Waals surface area contributed by atoms with Crippen molar-refractivity contribution in [1.29, 1.82) is 0 Å². The normalized spacial score (nSPS) is 11.4. The van der Waals surface area contributed by atoms with E-state index >= 15 is 0 Å². The number of hydrogen-bond donors (Lipinski definition) is 1. The Morgan fingerprint density at radius 2 is 1.71 bits per heavy atom. The van der Waals surface area contributed by atoms with Crippen molar-refractivity contribution in [1.82, 2.24) is 9.78 Å². The van der Waals surface area contributed by atoms with Crippen LogP contribution in [0.2, 0.25) is 0 Å². The highest BCUT2D eigenvalue weighted by molar-refractivity contribution is 7.92. The molecule has 0 aliphatic heterocycles. The quantitative estimate of drug-likeness (QED) is 0.772. The Bertz CT molecular complexity index is 930. The van der Waals surface area contributed by atoms with Crippen LogP contribution in [-0.4, -0.2) is 18.2 Å². The molecule has 124 valence electrons. The third kappa shape index (κ3) is 3.33. The number of nitrogens with zero attached hydrogens (tertiary/aromatic N) is 2. The molecule has 5 nitrogen and oxygen atoms in total. The lowest BCUT2D eigenvalue weighted by Crippen LogP contribution is -2.13. The average Bonchev–Trinajstić information content (AvgIpc) is 2.99. The number of hydrogen-bond acceptors (Lipinski definition) is 3. The van der Waals surface area contributed by atoms with E-state index < -0.39 is 10.0 Å². The highest BCUT2D eigenvalue weighted by Gasteiger charge is 2.21. The van der Waals surface area contributed by atoms with E-state index in [1.165, 1.54) is 6.20 Å². The van der Waals surface area contributed by atoms with E-state index in [9.17, 15) is 8.42 Å². The van der Waals surface area contributed by atoms with Crippen LogP contribution in [0.1, 0.15) is 18.2 Å². The summed E-state index contributed by atoms with van der Waals surface area (Å²) in [5, 5.41) is 4.31. The molecule has 0 atom stereocenters. The van der Waals surface area contributed by atoms with Gasteiger partial charge in [-0.05, 0) is 43.2 Å². The van der Waals surface area contributed by atoms with Gasteiger partial charge in [-0.3, -0.25) is 4.72 Å². The Morgan fingerprint density at radius 1 is 1.04 bits per heavy atom. The molecule has 0 spiro atoms. The van der Waals surface area contributed by atoms with E-state index in [4.69, 9.17) is 0 Å². The third-order valence-corrected chi connectivity index (χ3v) is 5.26. The van der Waals surface area contributed by atoms with E-state index in [2.05, 4.69) is 16.7 Å². The highest BCUT2D eigenvalue weighted by Crippen LogP contribution is 2.20. The van der Waals surface area contributed by atoms with Crippen LogP contribution in [0, 0.1) is 6.92 Å². The van der Waals surface area contributed by atoms with Gasteiger partial charge in [-0.1, -0.05) is 37.3 Å². The van der Waals surface area contributed by atoms with Crippen LogP contribution in [0.25, 0.3) is 5.69 Å². The second-order valence-corrected chi connectivity index (χ2v) is 7.17. The van der Waals surface area contributed by atoms with Crippen molar-refractivity contribution >= 4 is 15.7 Å². The number of para-hydroxylation sites is 1. The molecule has 2 aromatic carbocycles. The summed E-state index contributed by atoms with van der Waals surface area (Å²) < 4.78 is 29.5. The Labute approximate surface area is 142 Å². The first-order chi connectivity index (χ1) is 11.5. The molecular weight excluding hydrogens is 322 g/mol. The SMILES string of the molecule is CCc1ccc(NS(=O)(=O)c2cn(-c3ccccc3)nc2C)cc1. The predicted molar refractivity (Wildman–Crippen MR) is 94.9 cm³/mol. The lowest BCUT2D eigenvalue weighted by molar-refractivity contribution is 0.600. The van der Waals surface area contributed by atoms with Gasteiger partial charge in [0, 0.05) is 5.69 Å². The summed E-state index contributed by atoms with van der Waals surface area (Å²) in [6, 6.07) is 16.8. The average molecular weight is 341 g/mol. The van der Waals surface area contributed by atoms with E-state index in [1.54, 1.807) is 23.7 Å². The Kier molecular flexibility index (Phi) is 4.40. The Balaban J connectivity index is 1.90. The standard InChI is InChI=1S/C18H19N3O2S/c1-3-15-9-11-16(12-10-15)20-24(22,23)18-13-21(19-14(18)2)17-7-5-4-6-8-17/h4-13,20H,3H2,1-2H3. The zero-order valence-corrected chi connectivity index (χ0v) is 14.4. The summed E-state index contributed by atoms with van der Waals surface area (Å²) in [7, 11) is -3.68. The van der Waals surface area contributed by atoms with Crippen LogP contribution in [0.5, 0.6) is 0 Å². The number of benzene rings is 2. The molecule has 0 aliphatic rings. The summed E-state index contributed by atoms with van der Waals surface area (Å²) >= 11 is 0. The fourth-order valence-electron chi connectivity index (χ4n) is 2.44. The van der Waals surface area contributed by atoms with E-state index in [0.29, 0.717) is 11.4 Å². The van der Waals surface area contributed by atoms with E-state index in [0.717, 1.165) is 17.7 Å². The first-order valence-electron chi connectivity index (χ1n) is 7.73. The number of aromatic nitrogens is 2. The first-order valence-corrected chi connectivity index (χ1v) is 9.21. The first kappa shape index (κ1) is 16.3. The van der Waals surface area contributed by atoms with Crippen molar-refractivity contribution in [3.8, 4) is 5.69 Å². The molecule has 0 amide bonds. The van der Waals surface area contributed by atoms with Crippen molar-refractivity contribution in [3.05, 3.63) is 72.1 Å². The number of sulfonamides is 1. The number of anilines is 1. The second kappa shape index (κ2) is 6.49. The molecule has 0 bridgehead atoms. The van der Waals surface area contributed by atoms with Gasteiger partial charge in [0.15, 0.2) is 0 Å². The molecule has 1 N–H and O–H groups in total. The molecular formula is C18H19N3O2S. The Hall–Kier alpha value is -2.60. The van der Waals surface area contributed by atoms with Crippen molar-refractivity contribution in [2.45, 2.75) is 25.2 Å². The van der Waals surface area contributed by atoms with Crippen LogP contribution in [0.4, 0.5) is 5.69 Å². The molecule has 6 heteroatoms. The van der Waals surface area contributed by atoms with Crippen molar-refractivity contribution in [2.24, 2.45) is 0 Å². The van der Waals surface area contributed by atoms with Gasteiger partial charge in [-0.25, -0.2) is 13.1 Å². The monoisotopic (exact) mass is 341 g/mol. The molecule has 0 fully saturated rings. The minimum absolute atomic E-state index is 0.172. The molecule has 0 aliphatic carbocycles. The Morgan fingerprint density at radius 3 is 2.33 bits per heavy atom. The van der Waals surface area contributed by atoms with Crippen LogP contribution in [0.3, 0.4) is 0 Å². The van der Waals surface area contributed by atoms with E-state index in [-0.39, 0.29) is 4.90 Å². The fourth-order valence-corrected chi connectivity index (χ4v) is 3.66. The summed E-state index contributed by atoms with van der Waals surface area (Å²) in [6.07, 6.45) is 2.45. The molecule has 0 unspecified atom stereocenters. The summed E-state index contributed by atoms with van der Waals surface area (Å²) in [5.41, 5.74) is 2.97. The summed E-state index contributed by atoms with van der Waals surface area (Å²) in [4.78, 5) is 0.172. The molecule has 1 heterocycles. The lowest BCUT2D eigenvalue weighted by Gasteiger charge is -2.07. The van der Waals surface area contributed by atoms with Gasteiger partial charge >= 0.3 is 0 Å². The minimum Gasteiger partial charge on any atom is -0.280 e. The third-order valence-electron chi connectivity index (χ3n) is 3.78. The van der Waals surface area contributed by atoms with Crippen LogP contribution >= 0.6 is 0 Å². The summed E-state index contributed by atoms with van der Waals surface area (Å²) in [5.74, 6) is 0. The molecule has 0 saturated carbocycles. The molecule has 3 aromatic rings. The summed E-state index contributed by atoms with van der Waals surface area (Å²) in [6.45, 7) is 3.74. The van der Waals surface area contributed by atoms with Gasteiger partial charge in [0.05, 0.1) is 17.6 Å². The second-order valence-electron chi connectivity index (χ2n) is 5.51. The van der Waals surface area contributed by atoms with Crippen molar-refractivity contribution < 1.29 is 8.42 Å². The maximum atomic E-state index is 12.7. The molecule has 3 rings (SSSR count). The smallest absolute Gasteiger partial charge is 0.265 e. The van der Waals surface area contributed by atoms with Gasteiger partial charge in [0.1, 0.15) is 4.90 Å². The van der Waals surface area contributed by atoms with Crippen LogP contribution in [-0.2, 0) is 16.4 Å². The number of rotatable bonds is 5. The van der Waals surface area contributed by atoms with Crippen molar-refractivity contribution in [3.63, 3.8) is 0 Å². The van der Waals surface area contributed by atoms with Gasteiger partial charge in [0.2, 0.25) is 0 Å². The van der Waals surface area contributed by atoms with Gasteiger partial charge in [-0.2, -0.15) is 5.10 Å². The predicted octanol–water partition coefficient (Wildman–Crippen LogP) is 3.54. The lowest BCUT2D eigenvalue weighted by atomic mass is 10.2. The molecule has 0 radical (unpaired) electrons. The maximum Gasteiger partial charge on any atom is 0.265 e. The zero-order valence-electron chi connectivity index (χ0n) is 13.6. The maximum absolute atomic E-state index is 12.7. The van der Waals surface area contributed by atoms with Gasteiger partial charge in [0.25, 0.3) is 10.0 Å². The van der Waals surface area contributed by atoms with Gasteiger partial charge < -0.3 is 0 Å². The van der Waals surface area contributed by atoms with Crippen LogP contribution in [0.15, 0.2) is 65.7 Å². The van der Waals surface area contributed by atoms with E-state index in [1.807, 2.05) is 42.5 Å². The minimum atomic E-state index is -3.68. The topological polar surface area (TPSA) is 64.0 Å². The highest BCUT2D eigenvalue weighted by atomic mass is 32.2. The fraction of sp³-hybridized carbons (Fsp3) is 0.167. The number of nitrogens with one attached hydrogen (secondary N) is 1.